The van der Waals surface area contributed by atoms with Crippen LogP contribution in [0, 0.1) is 11.3 Å². The lowest BCUT2D eigenvalue weighted by molar-refractivity contribution is -0.119. The molecule has 186 valence electrons. The Labute approximate surface area is 213 Å². The summed E-state index contributed by atoms with van der Waals surface area (Å²) in [5.74, 6) is 0.0314. The van der Waals surface area contributed by atoms with Gasteiger partial charge in [0, 0.05) is 10.9 Å². The van der Waals surface area contributed by atoms with E-state index in [9.17, 15) is 14.9 Å². The van der Waals surface area contributed by atoms with Crippen molar-refractivity contribution in [2.75, 3.05) is 33.3 Å². The van der Waals surface area contributed by atoms with Crippen LogP contribution in [0.5, 0.6) is 17.2 Å². The Morgan fingerprint density at radius 2 is 1.59 bits per heavy atom. The number of rotatable bonds is 8. The third kappa shape index (κ3) is 5.28. The van der Waals surface area contributed by atoms with Crippen molar-refractivity contribution in [3.63, 3.8) is 0 Å². The van der Waals surface area contributed by atoms with Crippen molar-refractivity contribution in [1.82, 2.24) is 4.98 Å². The molecular formula is C28H23N3O6. The summed E-state index contributed by atoms with van der Waals surface area (Å²) in [6.07, 6.45) is 0. The van der Waals surface area contributed by atoms with Crippen molar-refractivity contribution >= 4 is 28.5 Å². The minimum absolute atomic E-state index is 0.236. The number of hydrogen-bond acceptors (Lipinski definition) is 8. The average molecular weight is 498 g/mol. The van der Waals surface area contributed by atoms with Gasteiger partial charge in [0.05, 0.1) is 49.4 Å². The summed E-state index contributed by atoms with van der Waals surface area (Å²) in [6.45, 7) is -0.533. The number of nitriles is 1. The fourth-order valence-electron chi connectivity index (χ4n) is 3.81. The van der Waals surface area contributed by atoms with Crippen molar-refractivity contribution in [3.05, 3.63) is 77.9 Å². The molecule has 4 aromatic rings. The Bertz CT molecular complexity index is 1500. The monoisotopic (exact) mass is 497 g/mol. The van der Waals surface area contributed by atoms with Crippen LogP contribution in [0.4, 0.5) is 5.69 Å². The number of anilines is 1. The van der Waals surface area contributed by atoms with Gasteiger partial charge in [0.1, 0.15) is 6.07 Å². The van der Waals surface area contributed by atoms with Crippen LogP contribution in [-0.2, 0) is 9.53 Å². The maximum Gasteiger partial charge on any atom is 0.339 e. The molecule has 0 aliphatic heterocycles. The largest absolute Gasteiger partial charge is 0.493 e. The van der Waals surface area contributed by atoms with Crippen LogP contribution >= 0.6 is 0 Å². The van der Waals surface area contributed by atoms with Crippen molar-refractivity contribution in [2.24, 2.45) is 0 Å². The van der Waals surface area contributed by atoms with E-state index >= 15 is 0 Å². The quantitative estimate of drug-likeness (QED) is 0.351. The molecule has 0 radical (unpaired) electrons. The fourth-order valence-corrected chi connectivity index (χ4v) is 3.81. The summed E-state index contributed by atoms with van der Waals surface area (Å²) in [7, 11) is 4.53. The number of nitrogens with zero attached hydrogens (tertiary/aromatic N) is 2. The van der Waals surface area contributed by atoms with Gasteiger partial charge in [0.2, 0.25) is 5.75 Å². The summed E-state index contributed by atoms with van der Waals surface area (Å²) in [6, 6.07) is 20.7. The number of benzene rings is 3. The Kier molecular flexibility index (Phi) is 7.50. The van der Waals surface area contributed by atoms with Crippen LogP contribution in [-0.4, -0.2) is 44.8 Å². The van der Waals surface area contributed by atoms with Crippen molar-refractivity contribution in [3.8, 4) is 34.6 Å². The molecule has 0 saturated carbocycles. The molecule has 1 amide bonds. The van der Waals surface area contributed by atoms with E-state index in [1.807, 2.05) is 12.1 Å². The number of fused-ring (bicyclic) bond motifs is 1. The molecule has 0 unspecified atom stereocenters. The number of ether oxygens (including phenoxy) is 4. The number of aromatic nitrogens is 1. The Morgan fingerprint density at radius 3 is 2.27 bits per heavy atom. The lowest BCUT2D eigenvalue weighted by Crippen LogP contribution is -2.21. The van der Waals surface area contributed by atoms with Gasteiger partial charge < -0.3 is 24.3 Å². The zero-order valence-electron chi connectivity index (χ0n) is 20.4. The molecule has 4 rings (SSSR count). The highest BCUT2D eigenvalue weighted by molar-refractivity contribution is 6.05. The third-order valence-electron chi connectivity index (χ3n) is 5.55. The first-order valence-corrected chi connectivity index (χ1v) is 11.1. The van der Waals surface area contributed by atoms with Crippen LogP contribution < -0.4 is 19.5 Å². The Hall–Kier alpha value is -5.10. The minimum Gasteiger partial charge on any atom is -0.493 e. The molecule has 0 fully saturated rings. The molecule has 1 heterocycles. The first kappa shape index (κ1) is 25.0. The number of methoxy groups -OCH3 is 3. The van der Waals surface area contributed by atoms with Crippen molar-refractivity contribution < 1.29 is 28.5 Å². The van der Waals surface area contributed by atoms with Crippen LogP contribution in [0.15, 0.2) is 66.7 Å². The first-order valence-electron chi connectivity index (χ1n) is 11.1. The SMILES string of the molecule is COc1cc(-c2cc(C(=O)OCC(=O)Nc3ccccc3C#N)c3ccccc3n2)cc(OC)c1OC. The predicted molar refractivity (Wildman–Crippen MR) is 137 cm³/mol. The lowest BCUT2D eigenvalue weighted by atomic mass is 10.0. The van der Waals surface area contributed by atoms with E-state index in [-0.39, 0.29) is 5.56 Å². The molecule has 3 aromatic carbocycles. The van der Waals surface area contributed by atoms with E-state index in [0.29, 0.717) is 50.7 Å². The number of amides is 1. The van der Waals surface area contributed by atoms with Crippen LogP contribution in [0.1, 0.15) is 15.9 Å². The van der Waals surface area contributed by atoms with Gasteiger partial charge in [-0.25, -0.2) is 9.78 Å². The summed E-state index contributed by atoms with van der Waals surface area (Å²) in [4.78, 5) is 30.2. The molecule has 0 spiro atoms. The standard InChI is InChI=1S/C28H23N3O6/c1-34-24-12-18(13-25(35-2)27(24)36-3)23-14-20(19-9-5-7-11-22(19)30-23)28(33)37-16-26(32)31-21-10-6-4-8-17(21)15-29/h4-14H,16H2,1-3H3,(H,31,32). The van der Waals surface area contributed by atoms with E-state index in [1.165, 1.54) is 21.3 Å². The van der Waals surface area contributed by atoms with Gasteiger partial charge in [-0.1, -0.05) is 30.3 Å². The van der Waals surface area contributed by atoms with E-state index in [0.717, 1.165) is 0 Å². The average Bonchev–Trinajstić information content (AvgIpc) is 2.94. The zero-order chi connectivity index (χ0) is 26.4. The molecule has 37 heavy (non-hydrogen) atoms. The molecule has 1 aromatic heterocycles. The number of para-hydroxylation sites is 2. The first-order chi connectivity index (χ1) is 18.0. The van der Waals surface area contributed by atoms with Gasteiger partial charge in [-0.3, -0.25) is 4.79 Å². The molecule has 0 aliphatic rings. The third-order valence-corrected chi connectivity index (χ3v) is 5.55. The van der Waals surface area contributed by atoms with Gasteiger partial charge in [-0.05, 0) is 36.4 Å². The highest BCUT2D eigenvalue weighted by atomic mass is 16.5. The second-order valence-corrected chi connectivity index (χ2v) is 7.77. The molecule has 0 aliphatic carbocycles. The second-order valence-electron chi connectivity index (χ2n) is 7.77. The zero-order valence-corrected chi connectivity index (χ0v) is 20.4. The van der Waals surface area contributed by atoms with E-state index < -0.39 is 18.5 Å². The van der Waals surface area contributed by atoms with Gasteiger partial charge in [-0.2, -0.15) is 5.26 Å². The maximum atomic E-state index is 13.1. The number of nitrogens with one attached hydrogen (secondary N) is 1. The fraction of sp³-hybridized carbons (Fsp3) is 0.143. The minimum atomic E-state index is -0.698. The normalized spacial score (nSPS) is 10.3. The Morgan fingerprint density at radius 1 is 0.919 bits per heavy atom. The van der Waals surface area contributed by atoms with Crippen molar-refractivity contribution in [1.29, 1.82) is 5.26 Å². The molecule has 0 atom stereocenters. The van der Waals surface area contributed by atoms with E-state index in [1.54, 1.807) is 60.7 Å². The highest BCUT2D eigenvalue weighted by Crippen LogP contribution is 2.41. The van der Waals surface area contributed by atoms with Crippen molar-refractivity contribution in [2.45, 2.75) is 0 Å². The highest BCUT2D eigenvalue weighted by Gasteiger charge is 2.19. The number of carbonyl (C=O) groups is 2. The molecule has 9 nitrogen and oxygen atoms in total. The molecule has 0 saturated heterocycles. The van der Waals surface area contributed by atoms with Gasteiger partial charge in [-0.15, -0.1) is 0 Å². The molecule has 0 bridgehead atoms. The van der Waals surface area contributed by atoms with Crippen LogP contribution in [0.3, 0.4) is 0 Å². The van der Waals surface area contributed by atoms with Gasteiger partial charge in [0.15, 0.2) is 18.1 Å². The summed E-state index contributed by atoms with van der Waals surface area (Å²) in [5.41, 5.74) is 2.53. The second kappa shape index (κ2) is 11.1. The topological polar surface area (TPSA) is 120 Å². The van der Waals surface area contributed by atoms with Crippen LogP contribution in [0.2, 0.25) is 0 Å². The van der Waals surface area contributed by atoms with Crippen LogP contribution in [0.25, 0.3) is 22.2 Å². The number of carbonyl (C=O) groups excluding carboxylic acids is 2. The smallest absolute Gasteiger partial charge is 0.339 e. The number of pyridine rings is 1. The number of esters is 1. The molecular weight excluding hydrogens is 474 g/mol. The van der Waals surface area contributed by atoms with E-state index in [2.05, 4.69) is 5.32 Å². The number of hydrogen-bond donors (Lipinski definition) is 1. The van der Waals surface area contributed by atoms with Gasteiger partial charge in [0.25, 0.3) is 5.91 Å². The van der Waals surface area contributed by atoms with Gasteiger partial charge >= 0.3 is 5.97 Å². The molecule has 9 heteroatoms. The molecule has 1 N–H and O–H groups in total. The summed E-state index contributed by atoms with van der Waals surface area (Å²) in [5, 5.41) is 12.4. The Balaban J connectivity index is 1.65. The summed E-state index contributed by atoms with van der Waals surface area (Å²) < 4.78 is 21.6. The summed E-state index contributed by atoms with van der Waals surface area (Å²) >= 11 is 0. The van der Waals surface area contributed by atoms with E-state index in [4.69, 9.17) is 23.9 Å². The maximum absolute atomic E-state index is 13.1. The lowest BCUT2D eigenvalue weighted by Gasteiger charge is -2.15. The predicted octanol–water partition coefficient (Wildman–Crippen LogP) is 4.59.